The molecule has 10 heteroatoms. The minimum absolute atomic E-state index is 0.0896. The lowest BCUT2D eigenvalue weighted by molar-refractivity contribution is -0.123. The average molecular weight is 655 g/mol. The van der Waals surface area contributed by atoms with Crippen molar-refractivity contribution in [3.63, 3.8) is 0 Å². The summed E-state index contributed by atoms with van der Waals surface area (Å²) < 4.78 is 1.83. The number of thiazole rings is 2. The van der Waals surface area contributed by atoms with E-state index < -0.39 is 0 Å². The monoisotopic (exact) mass is 654 g/mol. The Kier molecular flexibility index (Phi) is 6.83. The molecule has 238 valence electrons. The summed E-state index contributed by atoms with van der Waals surface area (Å²) in [4.78, 5) is 72.8. The summed E-state index contributed by atoms with van der Waals surface area (Å²) in [5.74, 6) is 1.02. The normalized spacial score (nSPS) is 34.2. The van der Waals surface area contributed by atoms with Crippen LogP contribution in [0.15, 0.2) is 9.98 Å². The Hall–Kier alpha value is -2.98. The lowest BCUT2D eigenvalue weighted by atomic mass is 9.64. The van der Waals surface area contributed by atoms with Crippen LogP contribution in [0.2, 0.25) is 0 Å². The molecule has 8 atom stereocenters. The Morgan fingerprint density at radius 2 is 0.826 bits per heavy atom. The molecule has 0 saturated heterocycles. The van der Waals surface area contributed by atoms with Gasteiger partial charge in [-0.15, -0.1) is 0 Å². The number of hydrogen-bond acceptors (Lipinski definition) is 10. The highest BCUT2D eigenvalue weighted by Crippen LogP contribution is 2.50. The van der Waals surface area contributed by atoms with Gasteiger partial charge in [-0.2, -0.15) is 0 Å². The molecule has 0 spiro atoms. The largest absolute Gasteiger partial charge is 0.292 e. The topological polar surface area (TPSA) is 119 Å². The maximum atomic E-state index is 13.5. The van der Waals surface area contributed by atoms with Crippen molar-refractivity contribution in [2.75, 3.05) is 0 Å². The molecule has 2 aromatic heterocycles. The number of Topliss-reactive ketones (excluding diaryl/α,β-unsaturated/α-hetero) is 4. The number of rotatable bonds is 2. The van der Waals surface area contributed by atoms with Crippen LogP contribution in [0, 0.1) is 61.2 Å². The molecule has 6 aliphatic carbocycles. The molecule has 8 unspecified atom stereocenters. The lowest BCUT2D eigenvalue weighted by Crippen LogP contribution is -2.35. The number of carbonyl (C=O) groups is 4. The van der Waals surface area contributed by atoms with E-state index >= 15 is 0 Å². The summed E-state index contributed by atoms with van der Waals surface area (Å²) in [6.45, 7) is 3.97. The number of aliphatic imine (C=N–C) groups is 2. The van der Waals surface area contributed by atoms with Crippen molar-refractivity contribution in [3.8, 4) is 0 Å². The zero-order valence-electron chi connectivity index (χ0n) is 26.3. The number of ketones is 4. The lowest BCUT2D eigenvalue weighted by Gasteiger charge is -2.39. The first-order valence-electron chi connectivity index (χ1n) is 17.3. The molecule has 2 heterocycles. The Morgan fingerprint density at radius 1 is 0.522 bits per heavy atom. The van der Waals surface area contributed by atoms with Crippen molar-refractivity contribution >= 4 is 87.9 Å². The minimum atomic E-state index is -0.218. The molecular weight excluding hydrogens is 617 g/mol. The van der Waals surface area contributed by atoms with Gasteiger partial charge in [0.25, 0.3) is 0 Å². The number of carbonyl (C=O) groups excluding carboxylic acids is 4. The number of hydrogen-bond donors (Lipinski definition) is 0. The molecule has 46 heavy (non-hydrogen) atoms. The highest BCUT2D eigenvalue weighted by molar-refractivity contribution is 7.24. The second-order valence-electron chi connectivity index (χ2n) is 15.0. The Bertz CT molecular complexity index is 1680. The molecule has 8 nitrogen and oxygen atoms in total. The van der Waals surface area contributed by atoms with Crippen molar-refractivity contribution in [2.45, 2.75) is 90.9 Å². The fraction of sp³-hybridized carbons (Fsp3) is 0.611. The number of nitrogens with zero attached hydrogens (tertiary/aromatic N) is 4. The van der Waals surface area contributed by atoms with Crippen molar-refractivity contribution in [1.29, 1.82) is 0 Å². The van der Waals surface area contributed by atoms with E-state index in [1.165, 1.54) is 74.0 Å². The quantitative estimate of drug-likeness (QED) is 0.280. The van der Waals surface area contributed by atoms with Crippen LogP contribution >= 0.6 is 22.7 Å². The second kappa shape index (κ2) is 10.8. The van der Waals surface area contributed by atoms with Crippen molar-refractivity contribution in [1.82, 2.24) is 9.97 Å². The predicted molar refractivity (Wildman–Crippen MR) is 180 cm³/mol. The van der Waals surface area contributed by atoms with Crippen LogP contribution in [-0.2, 0) is 19.2 Å². The highest BCUT2D eigenvalue weighted by atomic mass is 32.1. The standard InChI is InChI=1S/C36H38N4O4S2/c1-15-25-34(46-35(37-25)39-27-29(41)21-11-17-7-3-4-8-18(17)12-22(21)30(27)42)16(2)26-33(15)45-36(38-26)40-28-31(43)23-13-19-9-5-6-10-20(19)14-24(23)32(28)44/h17-24H,3-14H2,1-2H3. The van der Waals surface area contributed by atoms with Gasteiger partial charge in [0, 0.05) is 23.7 Å². The first-order valence-corrected chi connectivity index (χ1v) is 18.9. The van der Waals surface area contributed by atoms with Gasteiger partial charge in [0.1, 0.15) is 0 Å². The van der Waals surface area contributed by atoms with Crippen LogP contribution in [0.3, 0.4) is 0 Å². The summed E-state index contributed by atoms with van der Waals surface area (Å²) in [5.41, 5.74) is 3.58. The Labute approximate surface area is 275 Å². The van der Waals surface area contributed by atoms with Crippen LogP contribution in [0.4, 0.5) is 10.3 Å². The Morgan fingerprint density at radius 3 is 1.13 bits per heavy atom. The van der Waals surface area contributed by atoms with E-state index in [1.54, 1.807) is 0 Å². The minimum Gasteiger partial charge on any atom is -0.292 e. The molecule has 9 rings (SSSR count). The van der Waals surface area contributed by atoms with Gasteiger partial charge in [0.15, 0.2) is 34.6 Å². The summed E-state index contributed by atoms with van der Waals surface area (Å²) in [6, 6.07) is 0. The first kappa shape index (κ1) is 29.2. The number of fused-ring (bicyclic) bond motifs is 6. The summed E-state index contributed by atoms with van der Waals surface area (Å²) in [6.07, 6.45) is 12.9. The van der Waals surface area contributed by atoms with E-state index in [2.05, 4.69) is 9.98 Å². The molecule has 0 amide bonds. The van der Waals surface area contributed by atoms with Gasteiger partial charge in [0.2, 0.25) is 10.3 Å². The van der Waals surface area contributed by atoms with Gasteiger partial charge in [-0.1, -0.05) is 74.0 Å². The summed E-state index contributed by atoms with van der Waals surface area (Å²) in [5, 5.41) is 0.856. The molecule has 0 bridgehead atoms. The van der Waals surface area contributed by atoms with Crippen LogP contribution in [0.5, 0.6) is 0 Å². The van der Waals surface area contributed by atoms with E-state index in [-0.39, 0.29) is 58.2 Å². The SMILES string of the molecule is Cc1c2nc(N=C3C(=O)C4CC5CCCCC5CC4C3=O)sc2c(C)c2nc(N=C3C(=O)C4CC5CCCCC5CC4C3=O)sc12. The highest BCUT2D eigenvalue weighted by Gasteiger charge is 2.53. The van der Waals surface area contributed by atoms with E-state index in [0.29, 0.717) is 33.9 Å². The molecule has 0 N–H and O–H groups in total. The van der Waals surface area contributed by atoms with E-state index in [0.717, 1.165) is 57.2 Å². The maximum absolute atomic E-state index is 13.5. The maximum Gasteiger partial charge on any atom is 0.211 e. The summed E-state index contributed by atoms with van der Waals surface area (Å²) in [7, 11) is 0. The Balaban J connectivity index is 1.02. The van der Waals surface area contributed by atoms with Crippen LogP contribution in [0.25, 0.3) is 20.4 Å². The average Bonchev–Trinajstić information content (AvgIpc) is 3.81. The van der Waals surface area contributed by atoms with Gasteiger partial charge >= 0.3 is 0 Å². The molecule has 6 aliphatic rings. The van der Waals surface area contributed by atoms with Crippen LogP contribution in [0.1, 0.15) is 88.2 Å². The molecular formula is C36H38N4O4S2. The number of aromatic nitrogens is 2. The van der Waals surface area contributed by atoms with Gasteiger partial charge in [0.05, 0.1) is 20.4 Å². The van der Waals surface area contributed by atoms with Gasteiger partial charge < -0.3 is 0 Å². The fourth-order valence-corrected chi connectivity index (χ4v) is 12.2. The number of benzene rings is 1. The van der Waals surface area contributed by atoms with Crippen LogP contribution < -0.4 is 0 Å². The molecule has 6 fully saturated rings. The van der Waals surface area contributed by atoms with Gasteiger partial charge in [-0.3, -0.25) is 19.2 Å². The molecule has 0 radical (unpaired) electrons. The van der Waals surface area contributed by atoms with E-state index in [1.807, 2.05) is 13.8 Å². The molecule has 0 aliphatic heterocycles. The molecule has 3 aromatic rings. The van der Waals surface area contributed by atoms with Gasteiger partial charge in [-0.25, -0.2) is 20.0 Å². The van der Waals surface area contributed by atoms with Crippen LogP contribution in [-0.4, -0.2) is 44.5 Å². The van der Waals surface area contributed by atoms with Gasteiger partial charge in [-0.05, 0) is 74.3 Å². The summed E-state index contributed by atoms with van der Waals surface area (Å²) >= 11 is 2.76. The zero-order chi connectivity index (χ0) is 31.4. The first-order chi connectivity index (χ1) is 22.3. The molecule has 1 aromatic carbocycles. The second-order valence-corrected chi connectivity index (χ2v) is 16.9. The third-order valence-corrected chi connectivity index (χ3v) is 14.8. The van der Waals surface area contributed by atoms with E-state index in [9.17, 15) is 19.2 Å². The fourth-order valence-electron chi connectivity index (χ4n) is 10.2. The third-order valence-electron chi connectivity index (χ3n) is 12.7. The zero-order valence-corrected chi connectivity index (χ0v) is 28.0. The third kappa shape index (κ3) is 4.34. The number of aryl methyl sites for hydroxylation is 2. The smallest absolute Gasteiger partial charge is 0.211 e. The van der Waals surface area contributed by atoms with E-state index in [4.69, 9.17) is 9.97 Å². The molecule has 6 saturated carbocycles. The van der Waals surface area contributed by atoms with Crippen molar-refractivity contribution in [2.24, 2.45) is 57.3 Å². The van der Waals surface area contributed by atoms with Crippen molar-refractivity contribution < 1.29 is 19.2 Å². The van der Waals surface area contributed by atoms with Crippen molar-refractivity contribution in [3.05, 3.63) is 11.1 Å². The predicted octanol–water partition coefficient (Wildman–Crippen LogP) is 7.64.